The molecule has 0 aliphatic carbocycles. The van der Waals surface area contributed by atoms with Crippen LogP contribution in [0.2, 0.25) is 0 Å². The molecule has 1 nitrogen and oxygen atoms in total. The van der Waals surface area contributed by atoms with E-state index in [2.05, 4.69) is 4.98 Å². The first-order valence-corrected chi connectivity index (χ1v) is 5.49. The zero-order valence-corrected chi connectivity index (χ0v) is 10.0. The van der Waals surface area contributed by atoms with E-state index in [1.54, 1.807) is 13.1 Å². The topological polar surface area (TPSA) is 12.9 Å². The third-order valence-corrected chi connectivity index (χ3v) is 2.75. The summed E-state index contributed by atoms with van der Waals surface area (Å²) in [6, 6.07) is 7.42. The lowest BCUT2D eigenvalue weighted by molar-refractivity contribution is -0.137. The minimum absolute atomic E-state index is 0.572. The van der Waals surface area contributed by atoms with Crippen LogP contribution in [0, 0.1) is 13.8 Å². The minimum atomic E-state index is -4.30. The van der Waals surface area contributed by atoms with Gasteiger partial charge in [-0.15, -0.1) is 0 Å². The van der Waals surface area contributed by atoms with Crippen molar-refractivity contribution in [3.05, 3.63) is 53.2 Å². The number of nitrogens with zero attached hydrogens (tertiary/aromatic N) is 1. The molecule has 0 atom stereocenters. The molecule has 0 saturated carbocycles. The van der Waals surface area contributed by atoms with E-state index >= 15 is 0 Å². The van der Waals surface area contributed by atoms with Gasteiger partial charge in [-0.05, 0) is 49.2 Å². The summed E-state index contributed by atoms with van der Waals surface area (Å²) in [6.07, 6.45) is -2.65. The zero-order valence-electron chi connectivity index (χ0n) is 10.0. The molecule has 1 aromatic heterocycles. The van der Waals surface area contributed by atoms with Crippen LogP contribution in [0.5, 0.6) is 0 Å². The summed E-state index contributed by atoms with van der Waals surface area (Å²) >= 11 is 0. The molecule has 0 saturated heterocycles. The Bertz CT molecular complexity index is 573. The maximum Gasteiger partial charge on any atom is 0.416 e. The molecule has 0 amide bonds. The Morgan fingerprint density at radius 1 is 1.00 bits per heavy atom. The average Bonchev–Trinajstić information content (AvgIpc) is 2.27. The Kier molecular flexibility index (Phi) is 3.11. The maximum absolute atomic E-state index is 12.6. The van der Waals surface area contributed by atoms with Crippen molar-refractivity contribution in [2.24, 2.45) is 0 Å². The summed E-state index contributed by atoms with van der Waals surface area (Å²) in [5.41, 5.74) is 2.39. The van der Waals surface area contributed by atoms with Gasteiger partial charge in [-0.1, -0.05) is 6.07 Å². The second-order valence-corrected chi connectivity index (χ2v) is 4.25. The molecular formula is C14H12F3N. The van der Waals surface area contributed by atoms with Gasteiger partial charge in [0.05, 0.1) is 11.3 Å². The SMILES string of the molecule is Cc1ccnc(-c2ccc(C(F)(F)F)cc2C)c1. The van der Waals surface area contributed by atoms with Crippen LogP contribution in [0.1, 0.15) is 16.7 Å². The number of halogens is 3. The number of aromatic nitrogens is 1. The largest absolute Gasteiger partial charge is 0.416 e. The van der Waals surface area contributed by atoms with E-state index in [1.807, 2.05) is 19.1 Å². The maximum atomic E-state index is 12.6. The molecule has 1 heterocycles. The lowest BCUT2D eigenvalue weighted by Gasteiger charge is -2.11. The van der Waals surface area contributed by atoms with Crippen molar-refractivity contribution in [2.75, 3.05) is 0 Å². The molecule has 0 bridgehead atoms. The Morgan fingerprint density at radius 3 is 2.28 bits per heavy atom. The van der Waals surface area contributed by atoms with E-state index in [-0.39, 0.29) is 0 Å². The second-order valence-electron chi connectivity index (χ2n) is 4.25. The Labute approximate surface area is 103 Å². The highest BCUT2D eigenvalue weighted by atomic mass is 19.4. The number of benzene rings is 1. The third-order valence-electron chi connectivity index (χ3n) is 2.75. The van der Waals surface area contributed by atoms with Crippen LogP contribution in [0.3, 0.4) is 0 Å². The predicted molar refractivity (Wildman–Crippen MR) is 64.1 cm³/mol. The van der Waals surface area contributed by atoms with Gasteiger partial charge in [-0.3, -0.25) is 4.98 Å². The van der Waals surface area contributed by atoms with E-state index in [0.717, 1.165) is 23.3 Å². The van der Waals surface area contributed by atoms with Gasteiger partial charge in [0.2, 0.25) is 0 Å². The standard InChI is InChI=1S/C14H12F3N/c1-9-5-6-18-13(7-9)12-4-3-11(8-10(12)2)14(15,16)17/h3-8H,1-2H3. The van der Waals surface area contributed by atoms with Crippen LogP contribution in [0.15, 0.2) is 36.5 Å². The molecule has 2 rings (SSSR count). The van der Waals surface area contributed by atoms with Gasteiger partial charge in [-0.2, -0.15) is 13.2 Å². The lowest BCUT2D eigenvalue weighted by atomic mass is 10.0. The van der Waals surface area contributed by atoms with Crippen molar-refractivity contribution < 1.29 is 13.2 Å². The molecule has 1 aromatic carbocycles. The van der Waals surface area contributed by atoms with Crippen LogP contribution < -0.4 is 0 Å². The van der Waals surface area contributed by atoms with Crippen LogP contribution in [-0.4, -0.2) is 4.98 Å². The van der Waals surface area contributed by atoms with Gasteiger partial charge in [0.1, 0.15) is 0 Å². The predicted octanol–water partition coefficient (Wildman–Crippen LogP) is 4.38. The number of rotatable bonds is 1. The van der Waals surface area contributed by atoms with Crippen molar-refractivity contribution in [3.8, 4) is 11.3 Å². The second kappa shape index (κ2) is 4.44. The van der Waals surface area contributed by atoms with Crippen molar-refractivity contribution in [2.45, 2.75) is 20.0 Å². The van der Waals surface area contributed by atoms with Crippen LogP contribution in [-0.2, 0) is 6.18 Å². The zero-order chi connectivity index (χ0) is 13.3. The molecule has 18 heavy (non-hydrogen) atoms. The van der Waals surface area contributed by atoms with Crippen molar-refractivity contribution in [3.63, 3.8) is 0 Å². The van der Waals surface area contributed by atoms with Gasteiger partial charge < -0.3 is 0 Å². The molecule has 0 unspecified atom stereocenters. The molecule has 0 aliphatic rings. The molecule has 0 spiro atoms. The summed E-state index contributed by atoms with van der Waals surface area (Å²) in [5.74, 6) is 0. The summed E-state index contributed by atoms with van der Waals surface area (Å²) in [5, 5.41) is 0. The van der Waals surface area contributed by atoms with Crippen molar-refractivity contribution in [1.29, 1.82) is 0 Å². The first-order chi connectivity index (χ1) is 8.38. The van der Waals surface area contributed by atoms with Crippen LogP contribution >= 0.6 is 0 Å². The lowest BCUT2D eigenvalue weighted by Crippen LogP contribution is -2.05. The van der Waals surface area contributed by atoms with Gasteiger partial charge >= 0.3 is 6.18 Å². The number of aryl methyl sites for hydroxylation is 2. The number of pyridine rings is 1. The third kappa shape index (κ3) is 2.53. The van der Waals surface area contributed by atoms with E-state index in [1.165, 1.54) is 6.07 Å². The molecule has 2 aromatic rings. The summed E-state index contributed by atoms with van der Waals surface area (Å²) in [6.45, 7) is 3.58. The highest BCUT2D eigenvalue weighted by molar-refractivity contribution is 5.64. The van der Waals surface area contributed by atoms with Gasteiger partial charge in [0.25, 0.3) is 0 Å². The number of hydrogen-bond donors (Lipinski definition) is 0. The fraction of sp³-hybridized carbons (Fsp3) is 0.214. The number of alkyl halides is 3. The van der Waals surface area contributed by atoms with Crippen LogP contribution in [0.25, 0.3) is 11.3 Å². The highest BCUT2D eigenvalue weighted by Gasteiger charge is 2.30. The van der Waals surface area contributed by atoms with Gasteiger partial charge in [0.15, 0.2) is 0 Å². The van der Waals surface area contributed by atoms with E-state index in [9.17, 15) is 13.2 Å². The first kappa shape index (κ1) is 12.6. The Balaban J connectivity index is 2.48. The normalized spacial score (nSPS) is 11.6. The molecule has 0 aliphatic heterocycles. The monoisotopic (exact) mass is 251 g/mol. The van der Waals surface area contributed by atoms with Crippen molar-refractivity contribution in [1.82, 2.24) is 4.98 Å². The fourth-order valence-electron chi connectivity index (χ4n) is 1.81. The summed E-state index contributed by atoms with van der Waals surface area (Å²) in [4.78, 5) is 4.18. The number of hydrogen-bond acceptors (Lipinski definition) is 1. The fourth-order valence-corrected chi connectivity index (χ4v) is 1.81. The Morgan fingerprint density at radius 2 is 1.72 bits per heavy atom. The Hall–Kier alpha value is -1.84. The summed E-state index contributed by atoms with van der Waals surface area (Å²) in [7, 11) is 0. The minimum Gasteiger partial charge on any atom is -0.256 e. The van der Waals surface area contributed by atoms with E-state index < -0.39 is 11.7 Å². The molecular weight excluding hydrogens is 239 g/mol. The van der Waals surface area contributed by atoms with Gasteiger partial charge in [0, 0.05) is 11.8 Å². The molecule has 94 valence electrons. The first-order valence-electron chi connectivity index (χ1n) is 5.49. The summed E-state index contributed by atoms with van der Waals surface area (Å²) < 4.78 is 37.7. The quantitative estimate of drug-likeness (QED) is 0.732. The van der Waals surface area contributed by atoms with E-state index in [4.69, 9.17) is 0 Å². The smallest absolute Gasteiger partial charge is 0.256 e. The van der Waals surface area contributed by atoms with Gasteiger partial charge in [-0.25, -0.2) is 0 Å². The van der Waals surface area contributed by atoms with E-state index in [0.29, 0.717) is 11.3 Å². The van der Waals surface area contributed by atoms with Crippen LogP contribution in [0.4, 0.5) is 13.2 Å². The highest BCUT2D eigenvalue weighted by Crippen LogP contribution is 2.32. The molecule has 0 radical (unpaired) electrons. The van der Waals surface area contributed by atoms with Crippen molar-refractivity contribution >= 4 is 0 Å². The molecule has 0 N–H and O–H groups in total. The molecule has 4 heteroatoms. The average molecular weight is 251 g/mol. The molecule has 0 fully saturated rings.